The molecule has 2 aliphatic rings. The SMILES string of the molecule is CC1(C(=O)C(C#N)c2ccc3c(c2)OCO3)CCCO1. The first-order valence-corrected chi connectivity index (χ1v) is 6.61. The summed E-state index contributed by atoms with van der Waals surface area (Å²) in [5.41, 5.74) is -0.227. The summed E-state index contributed by atoms with van der Waals surface area (Å²) in [5.74, 6) is 0.193. The Morgan fingerprint density at radius 2 is 2.20 bits per heavy atom. The van der Waals surface area contributed by atoms with E-state index < -0.39 is 11.5 Å². The van der Waals surface area contributed by atoms with Crippen LogP contribution < -0.4 is 9.47 Å². The fourth-order valence-electron chi connectivity index (χ4n) is 2.66. The molecular weight excluding hydrogens is 258 g/mol. The van der Waals surface area contributed by atoms with Crippen LogP contribution in [-0.4, -0.2) is 24.8 Å². The second-order valence-corrected chi connectivity index (χ2v) is 5.22. The van der Waals surface area contributed by atoms with Crippen molar-refractivity contribution >= 4 is 5.78 Å². The minimum atomic E-state index is -0.850. The molecule has 1 saturated heterocycles. The second kappa shape index (κ2) is 4.80. The number of nitriles is 1. The van der Waals surface area contributed by atoms with E-state index in [0.717, 1.165) is 6.42 Å². The van der Waals surface area contributed by atoms with Gasteiger partial charge in [0.1, 0.15) is 11.5 Å². The van der Waals surface area contributed by atoms with Crippen LogP contribution in [0, 0.1) is 11.3 Å². The van der Waals surface area contributed by atoms with Gasteiger partial charge in [0, 0.05) is 6.61 Å². The van der Waals surface area contributed by atoms with E-state index in [1.54, 1.807) is 25.1 Å². The van der Waals surface area contributed by atoms with E-state index >= 15 is 0 Å². The number of ketones is 1. The van der Waals surface area contributed by atoms with Gasteiger partial charge in [-0.25, -0.2) is 0 Å². The van der Waals surface area contributed by atoms with Gasteiger partial charge in [-0.2, -0.15) is 5.26 Å². The van der Waals surface area contributed by atoms with Gasteiger partial charge in [-0.05, 0) is 37.5 Å². The van der Waals surface area contributed by atoms with E-state index in [-0.39, 0.29) is 12.6 Å². The Hall–Kier alpha value is -2.06. The van der Waals surface area contributed by atoms with E-state index in [1.807, 2.05) is 0 Å². The summed E-state index contributed by atoms with van der Waals surface area (Å²) in [7, 11) is 0. The van der Waals surface area contributed by atoms with Gasteiger partial charge in [-0.15, -0.1) is 0 Å². The van der Waals surface area contributed by atoms with Crippen LogP contribution in [0.3, 0.4) is 0 Å². The molecule has 2 aliphatic heterocycles. The summed E-state index contributed by atoms with van der Waals surface area (Å²) in [6.45, 7) is 2.51. The average molecular weight is 273 g/mol. The van der Waals surface area contributed by atoms with Crippen molar-refractivity contribution in [3.63, 3.8) is 0 Å². The molecule has 104 valence electrons. The zero-order valence-corrected chi connectivity index (χ0v) is 11.2. The van der Waals surface area contributed by atoms with Crippen LogP contribution in [0.2, 0.25) is 0 Å². The monoisotopic (exact) mass is 273 g/mol. The molecule has 5 nitrogen and oxygen atoms in total. The number of benzene rings is 1. The van der Waals surface area contributed by atoms with Crippen LogP contribution >= 0.6 is 0 Å². The predicted molar refractivity (Wildman–Crippen MR) is 69.5 cm³/mol. The number of ether oxygens (including phenoxy) is 3. The van der Waals surface area contributed by atoms with Crippen molar-refractivity contribution in [1.29, 1.82) is 5.26 Å². The van der Waals surface area contributed by atoms with Gasteiger partial charge in [0.05, 0.1) is 6.07 Å². The third-order valence-corrected chi connectivity index (χ3v) is 3.86. The Morgan fingerprint density at radius 1 is 1.40 bits per heavy atom. The molecule has 5 heteroatoms. The van der Waals surface area contributed by atoms with Crippen molar-refractivity contribution in [2.24, 2.45) is 0 Å². The van der Waals surface area contributed by atoms with Crippen molar-refractivity contribution in [3.05, 3.63) is 23.8 Å². The van der Waals surface area contributed by atoms with Crippen molar-refractivity contribution in [3.8, 4) is 17.6 Å². The number of rotatable bonds is 3. The molecule has 0 radical (unpaired) electrons. The molecule has 0 saturated carbocycles. The van der Waals surface area contributed by atoms with Gasteiger partial charge in [-0.3, -0.25) is 4.79 Å². The third kappa shape index (κ3) is 2.02. The Balaban J connectivity index is 1.90. The first kappa shape index (κ1) is 12.9. The summed E-state index contributed by atoms with van der Waals surface area (Å²) in [4.78, 5) is 12.6. The van der Waals surface area contributed by atoms with E-state index in [0.29, 0.717) is 30.1 Å². The summed E-state index contributed by atoms with van der Waals surface area (Å²) < 4.78 is 16.1. The van der Waals surface area contributed by atoms with Crippen molar-refractivity contribution in [1.82, 2.24) is 0 Å². The lowest BCUT2D eigenvalue weighted by molar-refractivity contribution is -0.137. The topological polar surface area (TPSA) is 68.6 Å². The molecule has 0 amide bonds. The molecule has 1 aromatic rings. The minimum Gasteiger partial charge on any atom is -0.454 e. The molecule has 2 heterocycles. The zero-order valence-electron chi connectivity index (χ0n) is 11.2. The quantitative estimate of drug-likeness (QED) is 0.844. The molecule has 3 rings (SSSR count). The molecule has 1 aromatic carbocycles. The summed E-state index contributed by atoms with van der Waals surface area (Å²) in [6, 6.07) is 7.25. The molecule has 1 fully saturated rings. The molecule has 0 aromatic heterocycles. The maximum absolute atomic E-state index is 12.6. The number of nitrogens with zero attached hydrogens (tertiary/aromatic N) is 1. The van der Waals surface area contributed by atoms with E-state index in [4.69, 9.17) is 14.2 Å². The molecule has 0 spiro atoms. The van der Waals surface area contributed by atoms with Gasteiger partial charge < -0.3 is 14.2 Å². The van der Waals surface area contributed by atoms with Crippen LogP contribution in [0.5, 0.6) is 11.5 Å². The van der Waals surface area contributed by atoms with E-state index in [2.05, 4.69) is 6.07 Å². The van der Waals surface area contributed by atoms with E-state index in [1.165, 1.54) is 0 Å². The first-order chi connectivity index (χ1) is 9.64. The number of Topliss-reactive ketones (excluding diaryl/α,β-unsaturated/α-hetero) is 1. The Kier molecular flexibility index (Phi) is 3.11. The second-order valence-electron chi connectivity index (χ2n) is 5.22. The fraction of sp³-hybridized carbons (Fsp3) is 0.467. The van der Waals surface area contributed by atoms with Crippen LogP contribution in [0.1, 0.15) is 31.2 Å². The number of carbonyl (C=O) groups excluding carboxylic acids is 1. The number of carbonyl (C=O) groups is 1. The minimum absolute atomic E-state index is 0.171. The van der Waals surface area contributed by atoms with Crippen molar-refractivity contribution < 1.29 is 19.0 Å². The van der Waals surface area contributed by atoms with Gasteiger partial charge >= 0.3 is 0 Å². The predicted octanol–water partition coefficient (Wildman–Crippen LogP) is 2.16. The normalized spacial score (nSPS) is 25.2. The van der Waals surface area contributed by atoms with Gasteiger partial charge in [-0.1, -0.05) is 6.07 Å². The molecule has 2 unspecified atom stereocenters. The molecule has 0 N–H and O–H groups in total. The number of fused-ring (bicyclic) bond motifs is 1. The van der Waals surface area contributed by atoms with Gasteiger partial charge in [0.2, 0.25) is 6.79 Å². The van der Waals surface area contributed by atoms with Crippen LogP contribution in [-0.2, 0) is 9.53 Å². The maximum atomic E-state index is 12.6. The molecular formula is C15H15NO4. The lowest BCUT2D eigenvalue weighted by Crippen LogP contribution is -2.37. The highest BCUT2D eigenvalue weighted by Crippen LogP contribution is 2.37. The Bertz CT molecular complexity index is 584. The van der Waals surface area contributed by atoms with Crippen LogP contribution in [0.25, 0.3) is 0 Å². The molecule has 2 atom stereocenters. The van der Waals surface area contributed by atoms with Crippen LogP contribution in [0.4, 0.5) is 0 Å². The van der Waals surface area contributed by atoms with Crippen molar-refractivity contribution in [2.45, 2.75) is 31.3 Å². The highest BCUT2D eigenvalue weighted by Gasteiger charge is 2.42. The standard InChI is InChI=1S/C15H15NO4/c1-15(5-2-6-20-15)14(17)11(8-16)10-3-4-12-13(7-10)19-9-18-12/h3-4,7,11H,2,5-6,9H2,1H3. The molecule has 20 heavy (non-hydrogen) atoms. The lowest BCUT2D eigenvalue weighted by atomic mass is 9.84. The Morgan fingerprint density at radius 3 is 2.90 bits per heavy atom. The summed E-state index contributed by atoms with van der Waals surface area (Å²) >= 11 is 0. The highest BCUT2D eigenvalue weighted by atomic mass is 16.7. The Labute approximate surface area is 117 Å². The first-order valence-electron chi connectivity index (χ1n) is 6.61. The smallest absolute Gasteiger partial charge is 0.231 e. The van der Waals surface area contributed by atoms with Gasteiger partial charge in [0.15, 0.2) is 17.3 Å². The lowest BCUT2D eigenvalue weighted by Gasteiger charge is -2.24. The maximum Gasteiger partial charge on any atom is 0.231 e. The molecule has 0 aliphatic carbocycles. The van der Waals surface area contributed by atoms with E-state index in [9.17, 15) is 10.1 Å². The summed E-state index contributed by atoms with van der Waals surface area (Å²) in [6.07, 6.45) is 1.51. The third-order valence-electron chi connectivity index (χ3n) is 3.86. The van der Waals surface area contributed by atoms with Gasteiger partial charge in [0.25, 0.3) is 0 Å². The van der Waals surface area contributed by atoms with Crippen LogP contribution in [0.15, 0.2) is 18.2 Å². The highest BCUT2D eigenvalue weighted by molar-refractivity contribution is 5.95. The largest absolute Gasteiger partial charge is 0.454 e. The number of hydrogen-bond acceptors (Lipinski definition) is 5. The molecule has 0 bridgehead atoms. The summed E-state index contributed by atoms with van der Waals surface area (Å²) in [5, 5.41) is 9.37. The number of hydrogen-bond donors (Lipinski definition) is 0. The van der Waals surface area contributed by atoms with Crippen molar-refractivity contribution in [2.75, 3.05) is 13.4 Å². The fourth-order valence-corrected chi connectivity index (χ4v) is 2.66. The average Bonchev–Trinajstić information content (AvgIpc) is 3.08. The zero-order chi connectivity index (χ0) is 14.2.